The summed E-state index contributed by atoms with van der Waals surface area (Å²) in [5.41, 5.74) is 3.30. The lowest BCUT2D eigenvalue weighted by Crippen LogP contribution is -2.30. The number of phenols is 1. The zero-order chi connectivity index (χ0) is 21.5. The number of amides is 1. The Morgan fingerprint density at radius 2 is 1.80 bits per heavy atom. The van der Waals surface area contributed by atoms with E-state index in [1.165, 1.54) is 36.5 Å². The van der Waals surface area contributed by atoms with E-state index >= 15 is 0 Å². The lowest BCUT2D eigenvalue weighted by atomic mass is 10.1. The Kier molecular flexibility index (Phi) is 6.33. The van der Waals surface area contributed by atoms with Crippen LogP contribution in [0.2, 0.25) is 0 Å². The van der Waals surface area contributed by atoms with Gasteiger partial charge in [0.05, 0.1) is 16.8 Å². The Hall–Kier alpha value is -4.27. The molecule has 0 bridgehead atoms. The van der Waals surface area contributed by atoms with Crippen LogP contribution in [0.4, 0.5) is 15.8 Å². The van der Waals surface area contributed by atoms with Gasteiger partial charge in [-0.2, -0.15) is 5.10 Å². The molecule has 3 aromatic carbocycles. The molecule has 1 atom stereocenters. The molecular weight excluding hydrogens is 391 g/mol. The first-order valence-corrected chi connectivity index (χ1v) is 8.81. The topological polar surface area (TPSA) is 117 Å². The number of nitro groups is 1. The van der Waals surface area contributed by atoms with Crippen molar-refractivity contribution in [3.63, 3.8) is 0 Å². The highest BCUT2D eigenvalue weighted by atomic mass is 19.1. The van der Waals surface area contributed by atoms with E-state index in [9.17, 15) is 24.4 Å². The highest BCUT2D eigenvalue weighted by Crippen LogP contribution is 2.31. The molecule has 0 unspecified atom stereocenters. The molecule has 0 radical (unpaired) electrons. The molecule has 0 aliphatic heterocycles. The van der Waals surface area contributed by atoms with Crippen molar-refractivity contribution >= 4 is 23.5 Å². The standard InChI is InChI=1S/C21H17FN4O4/c22-16-8-6-14(7-9-16)13-23-25-21(28)20(15-4-2-1-3-5-15)24-18-12-17(26(29)30)10-11-19(18)27/h1-13,20,24,27H,(H,25,28)/b23-13-/t20-/m0/s1. The van der Waals surface area contributed by atoms with Crippen molar-refractivity contribution in [1.29, 1.82) is 0 Å². The number of hydrazone groups is 1. The molecule has 152 valence electrons. The van der Waals surface area contributed by atoms with Crippen LogP contribution >= 0.6 is 0 Å². The van der Waals surface area contributed by atoms with E-state index in [0.29, 0.717) is 11.1 Å². The average molecular weight is 408 g/mol. The molecule has 3 aromatic rings. The van der Waals surface area contributed by atoms with Crippen LogP contribution in [0.3, 0.4) is 0 Å². The Labute approximate surface area is 170 Å². The summed E-state index contributed by atoms with van der Waals surface area (Å²) in [4.78, 5) is 23.2. The van der Waals surface area contributed by atoms with Gasteiger partial charge in [-0.3, -0.25) is 14.9 Å². The van der Waals surface area contributed by atoms with Crippen molar-refractivity contribution in [3.05, 3.63) is 99.9 Å². The van der Waals surface area contributed by atoms with Gasteiger partial charge in [-0.1, -0.05) is 42.5 Å². The molecule has 0 aliphatic carbocycles. The van der Waals surface area contributed by atoms with Crippen LogP contribution in [-0.2, 0) is 4.79 Å². The highest BCUT2D eigenvalue weighted by molar-refractivity contribution is 5.88. The second-order valence-electron chi connectivity index (χ2n) is 6.23. The third kappa shape index (κ3) is 5.16. The van der Waals surface area contributed by atoms with E-state index in [2.05, 4.69) is 15.8 Å². The number of aromatic hydroxyl groups is 1. The summed E-state index contributed by atoms with van der Waals surface area (Å²) in [5.74, 6) is -1.20. The summed E-state index contributed by atoms with van der Waals surface area (Å²) in [6, 6.07) is 16.6. The van der Waals surface area contributed by atoms with Gasteiger partial charge in [-0.25, -0.2) is 9.82 Å². The fourth-order valence-electron chi connectivity index (χ4n) is 2.64. The predicted molar refractivity (Wildman–Crippen MR) is 110 cm³/mol. The van der Waals surface area contributed by atoms with E-state index in [0.717, 1.165) is 12.1 Å². The summed E-state index contributed by atoms with van der Waals surface area (Å²) in [6.07, 6.45) is 1.35. The van der Waals surface area contributed by atoms with Gasteiger partial charge < -0.3 is 10.4 Å². The van der Waals surface area contributed by atoms with E-state index in [1.54, 1.807) is 30.3 Å². The SMILES string of the molecule is O=C(N/N=C\c1ccc(F)cc1)[C@@H](Nc1cc([N+](=O)[O-])ccc1O)c1ccccc1. The molecular formula is C21H17FN4O4. The van der Waals surface area contributed by atoms with Crippen LogP contribution in [0.5, 0.6) is 5.75 Å². The van der Waals surface area contributed by atoms with Gasteiger partial charge in [0.1, 0.15) is 17.6 Å². The molecule has 0 saturated heterocycles. The maximum Gasteiger partial charge on any atom is 0.271 e. The van der Waals surface area contributed by atoms with Gasteiger partial charge in [0.25, 0.3) is 11.6 Å². The first-order chi connectivity index (χ1) is 14.4. The number of hydrogen-bond donors (Lipinski definition) is 3. The second-order valence-corrected chi connectivity index (χ2v) is 6.23. The number of anilines is 1. The van der Waals surface area contributed by atoms with Crippen molar-refractivity contribution in [2.45, 2.75) is 6.04 Å². The quantitative estimate of drug-likeness (QED) is 0.238. The van der Waals surface area contributed by atoms with Gasteiger partial charge in [0.15, 0.2) is 0 Å². The summed E-state index contributed by atoms with van der Waals surface area (Å²) in [6.45, 7) is 0. The lowest BCUT2D eigenvalue weighted by Gasteiger charge is -2.19. The third-order valence-corrected chi connectivity index (χ3v) is 4.14. The second kappa shape index (κ2) is 9.28. The third-order valence-electron chi connectivity index (χ3n) is 4.14. The van der Waals surface area contributed by atoms with E-state index in [-0.39, 0.29) is 22.9 Å². The highest BCUT2D eigenvalue weighted by Gasteiger charge is 2.22. The molecule has 30 heavy (non-hydrogen) atoms. The smallest absolute Gasteiger partial charge is 0.271 e. The molecule has 0 aliphatic rings. The van der Waals surface area contributed by atoms with Gasteiger partial charge in [-0.15, -0.1) is 0 Å². The lowest BCUT2D eigenvalue weighted by molar-refractivity contribution is -0.384. The number of benzene rings is 3. The molecule has 0 heterocycles. The first kappa shape index (κ1) is 20.5. The normalized spacial score (nSPS) is 11.8. The Morgan fingerprint density at radius 3 is 2.47 bits per heavy atom. The number of nitrogens with zero attached hydrogens (tertiary/aromatic N) is 2. The van der Waals surface area contributed by atoms with Gasteiger partial charge in [0.2, 0.25) is 0 Å². The average Bonchev–Trinajstić information content (AvgIpc) is 2.75. The predicted octanol–water partition coefficient (Wildman–Crippen LogP) is 3.74. The summed E-state index contributed by atoms with van der Waals surface area (Å²) in [5, 5.41) is 27.8. The van der Waals surface area contributed by atoms with E-state index in [1.807, 2.05) is 0 Å². The molecule has 0 aromatic heterocycles. The molecule has 0 spiro atoms. The zero-order valence-electron chi connectivity index (χ0n) is 15.5. The molecule has 3 rings (SSSR count). The molecule has 1 amide bonds. The molecule has 0 saturated carbocycles. The summed E-state index contributed by atoms with van der Waals surface area (Å²) >= 11 is 0. The zero-order valence-corrected chi connectivity index (χ0v) is 15.5. The number of carbonyl (C=O) groups excluding carboxylic acids is 1. The van der Waals surface area contributed by atoms with Crippen LogP contribution in [0.1, 0.15) is 17.2 Å². The van der Waals surface area contributed by atoms with Gasteiger partial charge in [0, 0.05) is 12.1 Å². The van der Waals surface area contributed by atoms with Crippen molar-refractivity contribution < 1.29 is 19.2 Å². The molecule has 8 nitrogen and oxygen atoms in total. The van der Waals surface area contributed by atoms with E-state index in [4.69, 9.17) is 0 Å². The minimum Gasteiger partial charge on any atom is -0.506 e. The van der Waals surface area contributed by atoms with E-state index < -0.39 is 16.9 Å². The van der Waals surface area contributed by atoms with Crippen LogP contribution in [0.15, 0.2) is 77.9 Å². The molecule has 3 N–H and O–H groups in total. The van der Waals surface area contributed by atoms with Crippen molar-refractivity contribution in [2.75, 3.05) is 5.32 Å². The van der Waals surface area contributed by atoms with Crippen LogP contribution in [-0.4, -0.2) is 22.2 Å². The van der Waals surface area contributed by atoms with Crippen molar-refractivity contribution in [3.8, 4) is 5.75 Å². The van der Waals surface area contributed by atoms with Gasteiger partial charge >= 0.3 is 0 Å². The largest absolute Gasteiger partial charge is 0.506 e. The van der Waals surface area contributed by atoms with Crippen molar-refractivity contribution in [1.82, 2.24) is 5.43 Å². The first-order valence-electron chi connectivity index (χ1n) is 8.81. The number of phenolic OH excluding ortho intramolecular Hbond substituents is 1. The monoisotopic (exact) mass is 408 g/mol. The number of carbonyl (C=O) groups is 1. The number of nitro benzene ring substituents is 1. The number of halogens is 1. The molecule has 0 fully saturated rings. The van der Waals surface area contributed by atoms with Crippen LogP contribution in [0.25, 0.3) is 0 Å². The maximum absolute atomic E-state index is 13.0. The number of non-ortho nitro benzene ring substituents is 1. The fraction of sp³-hybridized carbons (Fsp3) is 0.0476. The minimum atomic E-state index is -0.996. The Bertz CT molecular complexity index is 1070. The molecule has 9 heteroatoms. The van der Waals surface area contributed by atoms with Crippen molar-refractivity contribution in [2.24, 2.45) is 5.10 Å². The number of nitrogens with one attached hydrogen (secondary N) is 2. The number of rotatable bonds is 7. The summed E-state index contributed by atoms with van der Waals surface area (Å²) < 4.78 is 13.0. The Balaban J connectivity index is 1.82. The summed E-state index contributed by atoms with van der Waals surface area (Å²) in [7, 11) is 0. The fourth-order valence-corrected chi connectivity index (χ4v) is 2.64. The number of hydrogen-bond acceptors (Lipinski definition) is 6. The van der Waals surface area contributed by atoms with Crippen LogP contribution < -0.4 is 10.7 Å². The van der Waals surface area contributed by atoms with Gasteiger partial charge in [-0.05, 0) is 29.3 Å². The Morgan fingerprint density at radius 1 is 1.10 bits per heavy atom. The van der Waals surface area contributed by atoms with Crippen LogP contribution in [0, 0.1) is 15.9 Å². The minimum absolute atomic E-state index is 0.0238. The maximum atomic E-state index is 13.0.